The van der Waals surface area contributed by atoms with Crippen LogP contribution in [0.25, 0.3) is 0 Å². The Bertz CT molecular complexity index is 422. The van der Waals surface area contributed by atoms with Crippen molar-refractivity contribution in [2.75, 3.05) is 0 Å². The van der Waals surface area contributed by atoms with Crippen LogP contribution in [-0.2, 0) is 0 Å². The zero-order valence-electron chi connectivity index (χ0n) is 10.6. The molecule has 0 amide bonds. The Labute approximate surface area is 96.4 Å². The standard InChI is InChI=1S/C12H20N4/c1-8-13-14-15-16(8)10-7-9-5-6-12(10,4)11(9,2)3/h9-10H,5-7H2,1-4H3/t9?,10?,12-/m0/s1. The number of hydrogen-bond acceptors (Lipinski definition) is 3. The molecule has 4 nitrogen and oxygen atoms in total. The molecule has 0 aromatic carbocycles. The number of aryl methyl sites for hydroxylation is 1. The average molecular weight is 220 g/mol. The summed E-state index contributed by atoms with van der Waals surface area (Å²) >= 11 is 0. The van der Waals surface area contributed by atoms with Crippen molar-refractivity contribution in [2.45, 2.75) is 53.0 Å². The number of aromatic nitrogens is 4. The minimum absolute atomic E-state index is 0.359. The summed E-state index contributed by atoms with van der Waals surface area (Å²) < 4.78 is 2.06. The van der Waals surface area contributed by atoms with Gasteiger partial charge in [0.05, 0.1) is 6.04 Å². The summed E-state index contributed by atoms with van der Waals surface area (Å²) in [5.41, 5.74) is 0.786. The Balaban J connectivity index is 2.05. The van der Waals surface area contributed by atoms with E-state index in [0.29, 0.717) is 16.9 Å². The van der Waals surface area contributed by atoms with Crippen LogP contribution in [0.1, 0.15) is 51.9 Å². The van der Waals surface area contributed by atoms with E-state index in [0.717, 1.165) is 11.7 Å². The van der Waals surface area contributed by atoms with Gasteiger partial charge in [-0.1, -0.05) is 20.8 Å². The maximum atomic E-state index is 4.18. The van der Waals surface area contributed by atoms with E-state index in [-0.39, 0.29) is 0 Å². The molecule has 2 aliphatic carbocycles. The predicted molar refractivity (Wildman–Crippen MR) is 60.8 cm³/mol. The molecule has 0 N–H and O–H groups in total. The Hall–Kier alpha value is -0.930. The van der Waals surface area contributed by atoms with Gasteiger partial charge in [-0.05, 0) is 53.4 Å². The topological polar surface area (TPSA) is 43.6 Å². The van der Waals surface area contributed by atoms with Crippen LogP contribution in [0.15, 0.2) is 0 Å². The lowest BCUT2D eigenvalue weighted by Crippen LogP contribution is -2.34. The van der Waals surface area contributed by atoms with Crippen molar-refractivity contribution in [3.8, 4) is 0 Å². The lowest BCUT2D eigenvalue weighted by molar-refractivity contribution is 0.0987. The van der Waals surface area contributed by atoms with Gasteiger partial charge >= 0.3 is 0 Å². The molecule has 2 aliphatic rings. The second-order valence-corrected chi connectivity index (χ2v) is 6.30. The third kappa shape index (κ3) is 0.980. The van der Waals surface area contributed by atoms with Gasteiger partial charge in [-0.15, -0.1) is 5.10 Å². The van der Waals surface area contributed by atoms with Gasteiger partial charge < -0.3 is 0 Å². The molecule has 3 atom stereocenters. The molecule has 3 rings (SSSR count). The van der Waals surface area contributed by atoms with Crippen molar-refractivity contribution in [3.63, 3.8) is 0 Å². The number of fused-ring (bicyclic) bond motifs is 2. The lowest BCUT2D eigenvalue weighted by atomic mass is 9.69. The van der Waals surface area contributed by atoms with Crippen LogP contribution >= 0.6 is 0 Å². The summed E-state index contributed by atoms with van der Waals surface area (Å²) in [7, 11) is 0. The van der Waals surface area contributed by atoms with Crippen LogP contribution in [0.2, 0.25) is 0 Å². The molecule has 1 aromatic heterocycles. The molecule has 0 saturated heterocycles. The normalized spacial score (nSPS) is 40.5. The van der Waals surface area contributed by atoms with E-state index in [1.54, 1.807) is 0 Å². The van der Waals surface area contributed by atoms with Gasteiger partial charge in [0, 0.05) is 0 Å². The Morgan fingerprint density at radius 1 is 1.31 bits per heavy atom. The van der Waals surface area contributed by atoms with E-state index >= 15 is 0 Å². The summed E-state index contributed by atoms with van der Waals surface area (Å²) in [6, 6.07) is 0.497. The van der Waals surface area contributed by atoms with Crippen LogP contribution in [0.3, 0.4) is 0 Å². The fourth-order valence-electron chi connectivity index (χ4n) is 4.06. The molecule has 16 heavy (non-hydrogen) atoms. The first-order chi connectivity index (χ1) is 7.47. The number of hydrogen-bond donors (Lipinski definition) is 0. The second-order valence-electron chi connectivity index (χ2n) is 6.30. The van der Waals surface area contributed by atoms with Gasteiger partial charge in [0.25, 0.3) is 0 Å². The van der Waals surface area contributed by atoms with E-state index in [9.17, 15) is 0 Å². The highest BCUT2D eigenvalue weighted by Crippen LogP contribution is 2.69. The first-order valence-electron chi connectivity index (χ1n) is 6.21. The molecule has 0 radical (unpaired) electrons. The Morgan fingerprint density at radius 3 is 2.50 bits per heavy atom. The van der Waals surface area contributed by atoms with Crippen LogP contribution in [0.5, 0.6) is 0 Å². The average Bonchev–Trinajstić information content (AvgIpc) is 2.77. The highest BCUT2D eigenvalue weighted by atomic mass is 15.6. The highest BCUT2D eigenvalue weighted by Gasteiger charge is 2.62. The molecular weight excluding hydrogens is 200 g/mol. The number of tetrazole rings is 1. The Kier molecular flexibility index (Phi) is 1.82. The van der Waals surface area contributed by atoms with Crippen LogP contribution < -0.4 is 0 Å². The molecule has 2 saturated carbocycles. The maximum Gasteiger partial charge on any atom is 0.148 e. The van der Waals surface area contributed by atoms with E-state index in [1.165, 1.54) is 19.3 Å². The number of nitrogens with zero attached hydrogens (tertiary/aromatic N) is 4. The minimum Gasteiger partial charge on any atom is -0.226 e. The molecule has 4 heteroatoms. The van der Waals surface area contributed by atoms with Crippen LogP contribution in [0, 0.1) is 23.7 Å². The molecule has 2 bridgehead atoms. The molecular formula is C12H20N4. The number of rotatable bonds is 1. The van der Waals surface area contributed by atoms with Crippen LogP contribution in [0.4, 0.5) is 0 Å². The maximum absolute atomic E-state index is 4.18. The quantitative estimate of drug-likeness (QED) is 0.729. The van der Waals surface area contributed by atoms with Gasteiger partial charge in [-0.25, -0.2) is 4.68 Å². The SMILES string of the molecule is Cc1nnnn1C1CC2CC[C@]1(C)C2(C)C. The van der Waals surface area contributed by atoms with E-state index < -0.39 is 0 Å². The van der Waals surface area contributed by atoms with Crippen molar-refractivity contribution < 1.29 is 0 Å². The molecule has 0 spiro atoms. The van der Waals surface area contributed by atoms with Gasteiger partial charge in [-0.2, -0.15) is 0 Å². The molecule has 88 valence electrons. The second kappa shape index (κ2) is 2.84. The lowest BCUT2D eigenvalue weighted by Gasteiger charge is -2.39. The largest absolute Gasteiger partial charge is 0.226 e. The van der Waals surface area contributed by atoms with Gasteiger partial charge in [0.2, 0.25) is 0 Å². The Morgan fingerprint density at radius 2 is 2.06 bits per heavy atom. The minimum atomic E-state index is 0.359. The molecule has 2 unspecified atom stereocenters. The summed E-state index contributed by atoms with van der Waals surface area (Å²) in [6.45, 7) is 9.27. The summed E-state index contributed by atoms with van der Waals surface area (Å²) in [4.78, 5) is 0. The third-order valence-electron chi connectivity index (χ3n) is 5.70. The molecule has 1 heterocycles. The van der Waals surface area contributed by atoms with Crippen molar-refractivity contribution >= 4 is 0 Å². The summed E-state index contributed by atoms with van der Waals surface area (Å²) in [5.74, 6) is 1.79. The van der Waals surface area contributed by atoms with Crippen molar-refractivity contribution in [1.29, 1.82) is 0 Å². The summed E-state index contributed by atoms with van der Waals surface area (Å²) in [6.07, 6.45) is 3.94. The molecule has 2 fully saturated rings. The van der Waals surface area contributed by atoms with Crippen LogP contribution in [-0.4, -0.2) is 20.2 Å². The van der Waals surface area contributed by atoms with E-state index in [1.807, 2.05) is 6.92 Å². The van der Waals surface area contributed by atoms with E-state index in [2.05, 4.69) is 41.0 Å². The molecule has 1 aromatic rings. The highest BCUT2D eigenvalue weighted by molar-refractivity contribution is 5.12. The van der Waals surface area contributed by atoms with Crippen molar-refractivity contribution in [2.24, 2.45) is 16.7 Å². The summed E-state index contributed by atoms with van der Waals surface area (Å²) in [5, 5.41) is 12.0. The zero-order valence-corrected chi connectivity index (χ0v) is 10.6. The van der Waals surface area contributed by atoms with E-state index in [4.69, 9.17) is 0 Å². The van der Waals surface area contributed by atoms with Crippen molar-refractivity contribution in [3.05, 3.63) is 5.82 Å². The van der Waals surface area contributed by atoms with Gasteiger partial charge in [-0.3, -0.25) is 0 Å². The predicted octanol–water partition coefficient (Wildman–Crippen LogP) is 2.37. The van der Waals surface area contributed by atoms with Gasteiger partial charge in [0.1, 0.15) is 5.82 Å². The first-order valence-corrected chi connectivity index (χ1v) is 6.21. The smallest absolute Gasteiger partial charge is 0.148 e. The first kappa shape index (κ1) is 10.2. The van der Waals surface area contributed by atoms with Gasteiger partial charge in [0.15, 0.2) is 0 Å². The monoisotopic (exact) mass is 220 g/mol. The fourth-order valence-corrected chi connectivity index (χ4v) is 4.06. The van der Waals surface area contributed by atoms with Crippen molar-refractivity contribution in [1.82, 2.24) is 20.2 Å². The third-order valence-corrected chi connectivity index (χ3v) is 5.70. The fraction of sp³-hybridized carbons (Fsp3) is 0.917. The molecule has 0 aliphatic heterocycles. The zero-order chi connectivity index (χ0) is 11.6.